The van der Waals surface area contributed by atoms with Gasteiger partial charge in [-0.1, -0.05) is 6.92 Å². The maximum Gasteiger partial charge on any atom is 0.123 e. The van der Waals surface area contributed by atoms with Crippen molar-refractivity contribution < 1.29 is 4.39 Å². The highest BCUT2D eigenvalue weighted by Crippen LogP contribution is 2.07. The van der Waals surface area contributed by atoms with Crippen LogP contribution >= 0.6 is 0 Å². The van der Waals surface area contributed by atoms with Gasteiger partial charge in [0, 0.05) is 6.21 Å². The second-order valence-electron chi connectivity index (χ2n) is 2.34. The molecule has 1 aromatic rings. The van der Waals surface area contributed by atoms with Crippen LogP contribution in [0.3, 0.4) is 0 Å². The van der Waals surface area contributed by atoms with Crippen molar-refractivity contribution >= 4 is 11.9 Å². The fraction of sp³-hybridized carbons (Fsp3) is 0.222. The maximum absolute atomic E-state index is 12.4. The molecular weight excluding hydrogens is 155 g/mol. The third-order valence-electron chi connectivity index (χ3n) is 1.31. The summed E-state index contributed by atoms with van der Waals surface area (Å²) >= 11 is 0. The average Bonchev–Trinajstić information content (AvgIpc) is 2.09. The van der Waals surface area contributed by atoms with E-state index in [1.807, 2.05) is 6.92 Å². The number of hydrogen-bond donors (Lipinski definition) is 1. The summed E-state index contributed by atoms with van der Waals surface area (Å²) in [5.41, 5.74) is 3.57. The molecule has 0 aliphatic rings. The van der Waals surface area contributed by atoms with Gasteiger partial charge >= 0.3 is 0 Å². The second-order valence-corrected chi connectivity index (χ2v) is 2.34. The van der Waals surface area contributed by atoms with E-state index in [2.05, 4.69) is 10.5 Å². The highest BCUT2D eigenvalue weighted by molar-refractivity contribution is 5.58. The van der Waals surface area contributed by atoms with Crippen LogP contribution in [-0.2, 0) is 0 Å². The predicted molar refractivity (Wildman–Crippen MR) is 48.8 cm³/mol. The number of nitrogens with zero attached hydrogens (tertiary/aromatic N) is 1. The van der Waals surface area contributed by atoms with Gasteiger partial charge in [0.05, 0.1) is 5.69 Å². The van der Waals surface area contributed by atoms with Gasteiger partial charge in [-0.3, -0.25) is 5.43 Å². The van der Waals surface area contributed by atoms with Crippen LogP contribution in [0.2, 0.25) is 0 Å². The van der Waals surface area contributed by atoms with Crippen molar-refractivity contribution in [3.63, 3.8) is 0 Å². The van der Waals surface area contributed by atoms with E-state index in [1.165, 1.54) is 12.1 Å². The first-order chi connectivity index (χ1) is 5.83. The molecule has 1 N–H and O–H groups in total. The number of benzene rings is 1. The fourth-order valence-corrected chi connectivity index (χ4v) is 0.736. The number of hydrazone groups is 1. The molecule has 0 bridgehead atoms. The molecule has 0 aliphatic carbocycles. The van der Waals surface area contributed by atoms with E-state index in [9.17, 15) is 4.39 Å². The van der Waals surface area contributed by atoms with Gasteiger partial charge in [0.2, 0.25) is 0 Å². The number of nitrogens with one attached hydrogen (secondary N) is 1. The summed E-state index contributed by atoms with van der Waals surface area (Å²) in [5, 5.41) is 3.89. The maximum atomic E-state index is 12.4. The van der Waals surface area contributed by atoms with Gasteiger partial charge in [-0.2, -0.15) is 5.10 Å². The Hall–Kier alpha value is -1.38. The van der Waals surface area contributed by atoms with Crippen LogP contribution in [0, 0.1) is 5.82 Å². The minimum atomic E-state index is -0.236. The van der Waals surface area contributed by atoms with Gasteiger partial charge in [0.15, 0.2) is 0 Å². The van der Waals surface area contributed by atoms with Gasteiger partial charge in [-0.05, 0) is 30.7 Å². The zero-order valence-corrected chi connectivity index (χ0v) is 6.92. The summed E-state index contributed by atoms with van der Waals surface area (Å²) in [6, 6.07) is 6.07. The van der Waals surface area contributed by atoms with E-state index >= 15 is 0 Å². The molecule has 0 aliphatic heterocycles. The third kappa shape index (κ3) is 2.70. The summed E-state index contributed by atoms with van der Waals surface area (Å²) in [6.07, 6.45) is 2.64. The van der Waals surface area contributed by atoms with Crippen molar-refractivity contribution in [1.29, 1.82) is 0 Å². The first kappa shape index (κ1) is 8.71. The molecule has 0 atom stereocenters. The molecule has 1 aromatic carbocycles. The van der Waals surface area contributed by atoms with Crippen molar-refractivity contribution in [2.45, 2.75) is 13.3 Å². The molecular formula is C9H11FN2. The summed E-state index contributed by atoms with van der Waals surface area (Å²) in [5.74, 6) is -0.236. The largest absolute Gasteiger partial charge is 0.279 e. The van der Waals surface area contributed by atoms with Gasteiger partial charge in [-0.25, -0.2) is 4.39 Å². The number of halogens is 1. The molecule has 0 amide bonds. The lowest BCUT2D eigenvalue weighted by molar-refractivity contribution is 0.628. The highest BCUT2D eigenvalue weighted by atomic mass is 19.1. The molecule has 0 spiro atoms. The van der Waals surface area contributed by atoms with Crippen LogP contribution in [0.4, 0.5) is 10.1 Å². The van der Waals surface area contributed by atoms with E-state index in [1.54, 1.807) is 18.3 Å². The molecule has 0 heterocycles. The summed E-state index contributed by atoms with van der Waals surface area (Å²) in [7, 11) is 0. The molecule has 0 saturated heterocycles. The summed E-state index contributed by atoms with van der Waals surface area (Å²) < 4.78 is 12.4. The van der Waals surface area contributed by atoms with Gasteiger partial charge in [-0.15, -0.1) is 0 Å². The van der Waals surface area contributed by atoms with Crippen molar-refractivity contribution in [2.24, 2.45) is 5.10 Å². The normalized spacial score (nSPS) is 10.5. The SMILES string of the molecule is CCC=NNc1ccc(F)cc1. The number of anilines is 1. The Morgan fingerprint density at radius 1 is 1.42 bits per heavy atom. The second kappa shape index (κ2) is 4.49. The third-order valence-corrected chi connectivity index (χ3v) is 1.31. The average molecular weight is 166 g/mol. The zero-order valence-electron chi connectivity index (χ0n) is 6.92. The molecule has 3 heteroatoms. The van der Waals surface area contributed by atoms with E-state index in [-0.39, 0.29) is 5.82 Å². The van der Waals surface area contributed by atoms with E-state index < -0.39 is 0 Å². The van der Waals surface area contributed by atoms with Crippen LogP contribution in [0.25, 0.3) is 0 Å². The lowest BCUT2D eigenvalue weighted by Gasteiger charge is -1.97. The molecule has 12 heavy (non-hydrogen) atoms. The molecule has 0 fully saturated rings. The van der Waals surface area contributed by atoms with Crippen molar-refractivity contribution in [1.82, 2.24) is 0 Å². The summed E-state index contributed by atoms with van der Waals surface area (Å²) in [4.78, 5) is 0. The topological polar surface area (TPSA) is 24.4 Å². The lowest BCUT2D eigenvalue weighted by atomic mass is 10.3. The predicted octanol–water partition coefficient (Wildman–Crippen LogP) is 2.63. The smallest absolute Gasteiger partial charge is 0.123 e. The van der Waals surface area contributed by atoms with Crippen molar-refractivity contribution in [2.75, 3.05) is 5.43 Å². The standard InChI is InChI=1S/C9H11FN2/c1-2-7-11-12-9-5-3-8(10)4-6-9/h3-7,12H,2H2,1H3. The van der Waals surface area contributed by atoms with Crippen molar-refractivity contribution in [3.8, 4) is 0 Å². The number of hydrogen-bond acceptors (Lipinski definition) is 2. The van der Waals surface area contributed by atoms with Gasteiger partial charge in [0.25, 0.3) is 0 Å². The zero-order chi connectivity index (χ0) is 8.81. The molecule has 0 unspecified atom stereocenters. The first-order valence-electron chi connectivity index (χ1n) is 3.86. The Morgan fingerprint density at radius 3 is 2.67 bits per heavy atom. The molecule has 2 nitrogen and oxygen atoms in total. The number of rotatable bonds is 3. The van der Waals surface area contributed by atoms with E-state index in [0.29, 0.717) is 0 Å². The Labute approximate surface area is 71.1 Å². The highest BCUT2D eigenvalue weighted by Gasteiger charge is 1.89. The molecule has 1 rings (SSSR count). The fourth-order valence-electron chi connectivity index (χ4n) is 0.736. The Balaban J connectivity index is 2.53. The first-order valence-corrected chi connectivity index (χ1v) is 3.86. The summed E-state index contributed by atoms with van der Waals surface area (Å²) in [6.45, 7) is 2.00. The quantitative estimate of drug-likeness (QED) is 0.541. The van der Waals surface area contributed by atoms with Gasteiger partial charge < -0.3 is 0 Å². The van der Waals surface area contributed by atoms with Crippen LogP contribution in [0.1, 0.15) is 13.3 Å². The lowest BCUT2D eigenvalue weighted by Crippen LogP contribution is -1.88. The van der Waals surface area contributed by atoms with Gasteiger partial charge in [0.1, 0.15) is 5.82 Å². The van der Waals surface area contributed by atoms with Crippen LogP contribution in [0.5, 0.6) is 0 Å². The molecule has 0 radical (unpaired) electrons. The van der Waals surface area contributed by atoms with Crippen LogP contribution in [-0.4, -0.2) is 6.21 Å². The van der Waals surface area contributed by atoms with E-state index in [4.69, 9.17) is 0 Å². The van der Waals surface area contributed by atoms with Crippen molar-refractivity contribution in [3.05, 3.63) is 30.1 Å². The van der Waals surface area contributed by atoms with Crippen LogP contribution < -0.4 is 5.43 Å². The van der Waals surface area contributed by atoms with Crippen LogP contribution in [0.15, 0.2) is 29.4 Å². The Bertz CT molecular complexity index is 254. The Morgan fingerprint density at radius 2 is 2.08 bits per heavy atom. The van der Waals surface area contributed by atoms with E-state index in [0.717, 1.165) is 12.1 Å². The monoisotopic (exact) mass is 166 g/mol. The molecule has 64 valence electrons. The molecule has 0 saturated carbocycles. The molecule has 0 aromatic heterocycles. The minimum absolute atomic E-state index is 0.236. The minimum Gasteiger partial charge on any atom is -0.279 e. The Kier molecular flexibility index (Phi) is 3.26.